The smallest absolute Gasteiger partial charge is 0.139 e. The Labute approximate surface area is 108 Å². The van der Waals surface area contributed by atoms with Gasteiger partial charge in [-0.05, 0) is 44.3 Å². The molecule has 0 aliphatic carbocycles. The lowest BCUT2D eigenvalue weighted by molar-refractivity contribution is 0.415. The minimum Gasteiger partial charge on any atom is -0.497 e. The third-order valence-electron chi connectivity index (χ3n) is 2.89. The molecule has 0 aliphatic heterocycles. The van der Waals surface area contributed by atoms with E-state index < -0.39 is 0 Å². The van der Waals surface area contributed by atoms with Gasteiger partial charge in [0.1, 0.15) is 11.6 Å². The second-order valence-corrected chi connectivity index (χ2v) is 4.13. The zero-order valence-electron chi connectivity index (χ0n) is 10.9. The lowest BCUT2D eigenvalue weighted by Crippen LogP contribution is -2.11. The number of methoxy groups -OCH3 is 1. The Kier molecular flexibility index (Phi) is 4.36. The van der Waals surface area contributed by atoms with Crippen LogP contribution in [-0.2, 0) is 6.54 Å². The highest BCUT2D eigenvalue weighted by molar-refractivity contribution is 5.56. The number of aryl methyl sites for hydroxylation is 1. The molecule has 0 unspecified atom stereocenters. The Hall–Kier alpha value is -1.81. The van der Waals surface area contributed by atoms with Crippen molar-refractivity contribution in [2.24, 2.45) is 0 Å². The lowest BCUT2D eigenvalue weighted by atomic mass is 10.2. The van der Waals surface area contributed by atoms with Crippen LogP contribution in [0.5, 0.6) is 5.75 Å². The molecule has 96 valence electrons. The SMILES string of the molecule is CNCCCn1ccnc1-c1ccc(OC)cc1. The third kappa shape index (κ3) is 2.90. The molecule has 0 saturated carbocycles. The standard InChI is InChI=1S/C14H19N3O/c1-15-8-3-10-17-11-9-16-14(17)12-4-6-13(18-2)7-5-12/h4-7,9,11,15H,3,8,10H2,1-2H3. The van der Waals surface area contributed by atoms with E-state index in [0.29, 0.717) is 0 Å². The van der Waals surface area contributed by atoms with E-state index >= 15 is 0 Å². The van der Waals surface area contributed by atoms with Crippen molar-refractivity contribution in [1.29, 1.82) is 0 Å². The fourth-order valence-corrected chi connectivity index (χ4v) is 1.92. The minimum absolute atomic E-state index is 0.868. The predicted molar refractivity (Wildman–Crippen MR) is 72.8 cm³/mol. The molecule has 0 aliphatic rings. The largest absolute Gasteiger partial charge is 0.497 e. The molecule has 0 spiro atoms. The third-order valence-corrected chi connectivity index (χ3v) is 2.89. The zero-order valence-corrected chi connectivity index (χ0v) is 10.9. The van der Waals surface area contributed by atoms with E-state index in [1.807, 2.05) is 43.7 Å². The quantitative estimate of drug-likeness (QED) is 0.793. The first-order valence-electron chi connectivity index (χ1n) is 6.15. The van der Waals surface area contributed by atoms with E-state index in [2.05, 4.69) is 14.9 Å². The maximum absolute atomic E-state index is 5.16. The van der Waals surface area contributed by atoms with Gasteiger partial charge < -0.3 is 14.6 Å². The van der Waals surface area contributed by atoms with Gasteiger partial charge in [0.05, 0.1) is 7.11 Å². The molecule has 1 aromatic heterocycles. The molecule has 2 rings (SSSR count). The summed E-state index contributed by atoms with van der Waals surface area (Å²) in [7, 11) is 3.64. The number of nitrogens with zero attached hydrogens (tertiary/aromatic N) is 2. The van der Waals surface area contributed by atoms with Crippen LogP contribution in [0.2, 0.25) is 0 Å². The number of ether oxygens (including phenoxy) is 1. The molecule has 0 fully saturated rings. The van der Waals surface area contributed by atoms with Crippen LogP contribution in [0.25, 0.3) is 11.4 Å². The molecule has 4 nitrogen and oxygen atoms in total. The van der Waals surface area contributed by atoms with Crippen LogP contribution in [0.1, 0.15) is 6.42 Å². The summed E-state index contributed by atoms with van der Waals surface area (Å²) < 4.78 is 7.34. The summed E-state index contributed by atoms with van der Waals surface area (Å²) in [6.07, 6.45) is 4.96. The van der Waals surface area contributed by atoms with Crippen molar-refractivity contribution in [3.63, 3.8) is 0 Å². The molecule has 1 aromatic carbocycles. The van der Waals surface area contributed by atoms with E-state index in [-0.39, 0.29) is 0 Å². The number of imidazole rings is 1. The highest BCUT2D eigenvalue weighted by atomic mass is 16.5. The number of aromatic nitrogens is 2. The van der Waals surface area contributed by atoms with Gasteiger partial charge in [-0.3, -0.25) is 0 Å². The average Bonchev–Trinajstić information content (AvgIpc) is 2.88. The maximum Gasteiger partial charge on any atom is 0.139 e. The first-order chi connectivity index (χ1) is 8.85. The summed E-state index contributed by atoms with van der Waals surface area (Å²) >= 11 is 0. The number of benzene rings is 1. The van der Waals surface area contributed by atoms with Crippen LogP contribution in [-0.4, -0.2) is 30.3 Å². The van der Waals surface area contributed by atoms with Crippen molar-refractivity contribution >= 4 is 0 Å². The Morgan fingerprint density at radius 1 is 1.28 bits per heavy atom. The van der Waals surface area contributed by atoms with Gasteiger partial charge in [-0.15, -0.1) is 0 Å². The molecule has 0 amide bonds. The highest BCUT2D eigenvalue weighted by Crippen LogP contribution is 2.21. The monoisotopic (exact) mass is 245 g/mol. The van der Waals surface area contributed by atoms with Crippen LogP contribution in [0.3, 0.4) is 0 Å². The minimum atomic E-state index is 0.868. The van der Waals surface area contributed by atoms with Crippen LogP contribution in [0, 0.1) is 0 Å². The van der Waals surface area contributed by atoms with Gasteiger partial charge in [0.2, 0.25) is 0 Å². The molecular formula is C14H19N3O. The molecule has 0 bridgehead atoms. The van der Waals surface area contributed by atoms with Crippen LogP contribution < -0.4 is 10.1 Å². The van der Waals surface area contributed by atoms with E-state index in [1.54, 1.807) is 7.11 Å². The average molecular weight is 245 g/mol. The van der Waals surface area contributed by atoms with Crippen molar-refractivity contribution < 1.29 is 4.74 Å². The summed E-state index contributed by atoms with van der Waals surface area (Å²) in [5, 5.41) is 3.15. The summed E-state index contributed by atoms with van der Waals surface area (Å²) in [6.45, 7) is 1.99. The van der Waals surface area contributed by atoms with Crippen LogP contribution in [0.15, 0.2) is 36.7 Å². The topological polar surface area (TPSA) is 39.1 Å². The number of rotatable bonds is 6. The molecule has 4 heteroatoms. The molecule has 1 N–H and O–H groups in total. The molecule has 0 radical (unpaired) electrons. The van der Waals surface area contributed by atoms with Gasteiger partial charge in [-0.1, -0.05) is 0 Å². The Bertz CT molecular complexity index is 476. The maximum atomic E-state index is 5.16. The molecule has 1 heterocycles. The van der Waals surface area contributed by atoms with Gasteiger partial charge in [0, 0.05) is 24.5 Å². The summed E-state index contributed by atoms with van der Waals surface area (Å²) in [5.41, 5.74) is 1.12. The van der Waals surface area contributed by atoms with Crippen molar-refractivity contribution in [3.05, 3.63) is 36.7 Å². The van der Waals surface area contributed by atoms with Gasteiger partial charge in [-0.2, -0.15) is 0 Å². The fourth-order valence-electron chi connectivity index (χ4n) is 1.92. The fraction of sp³-hybridized carbons (Fsp3) is 0.357. The van der Waals surface area contributed by atoms with Gasteiger partial charge in [0.15, 0.2) is 0 Å². The van der Waals surface area contributed by atoms with E-state index in [0.717, 1.165) is 36.6 Å². The first kappa shape index (κ1) is 12.6. The van der Waals surface area contributed by atoms with Crippen molar-refractivity contribution in [1.82, 2.24) is 14.9 Å². The second kappa shape index (κ2) is 6.21. The molecule has 0 saturated heterocycles. The van der Waals surface area contributed by atoms with Crippen molar-refractivity contribution in [2.45, 2.75) is 13.0 Å². The lowest BCUT2D eigenvalue weighted by Gasteiger charge is -2.08. The van der Waals surface area contributed by atoms with Gasteiger partial charge in [-0.25, -0.2) is 4.98 Å². The van der Waals surface area contributed by atoms with Gasteiger partial charge in [0.25, 0.3) is 0 Å². The number of hydrogen-bond acceptors (Lipinski definition) is 3. The Balaban J connectivity index is 2.14. The number of hydrogen-bond donors (Lipinski definition) is 1. The van der Waals surface area contributed by atoms with Crippen molar-refractivity contribution in [2.75, 3.05) is 20.7 Å². The van der Waals surface area contributed by atoms with Crippen LogP contribution in [0.4, 0.5) is 0 Å². The zero-order chi connectivity index (χ0) is 12.8. The van der Waals surface area contributed by atoms with Crippen LogP contribution >= 0.6 is 0 Å². The van der Waals surface area contributed by atoms with Gasteiger partial charge >= 0.3 is 0 Å². The molecular weight excluding hydrogens is 226 g/mol. The number of nitrogens with one attached hydrogen (secondary N) is 1. The Morgan fingerprint density at radius 3 is 2.72 bits per heavy atom. The normalized spacial score (nSPS) is 10.6. The molecule has 0 atom stereocenters. The summed E-state index contributed by atoms with van der Waals surface area (Å²) in [5.74, 6) is 1.88. The highest BCUT2D eigenvalue weighted by Gasteiger charge is 2.05. The molecule has 18 heavy (non-hydrogen) atoms. The van der Waals surface area contributed by atoms with Crippen molar-refractivity contribution in [3.8, 4) is 17.1 Å². The Morgan fingerprint density at radius 2 is 2.06 bits per heavy atom. The first-order valence-corrected chi connectivity index (χ1v) is 6.15. The van der Waals surface area contributed by atoms with E-state index in [9.17, 15) is 0 Å². The van der Waals surface area contributed by atoms with E-state index in [4.69, 9.17) is 4.74 Å². The van der Waals surface area contributed by atoms with E-state index in [1.165, 1.54) is 0 Å². The second-order valence-electron chi connectivity index (χ2n) is 4.13. The molecule has 2 aromatic rings. The summed E-state index contributed by atoms with van der Waals surface area (Å²) in [4.78, 5) is 4.42. The predicted octanol–water partition coefficient (Wildman–Crippen LogP) is 2.17. The summed E-state index contributed by atoms with van der Waals surface area (Å²) in [6, 6.07) is 8.00.